The highest BCUT2D eigenvalue weighted by Gasteiger charge is 2.16. The summed E-state index contributed by atoms with van der Waals surface area (Å²) in [6.45, 7) is 4.67. The molecule has 0 radical (unpaired) electrons. The number of rotatable bonds is 4. The molecule has 4 heteroatoms. The Kier molecular flexibility index (Phi) is 4.35. The summed E-state index contributed by atoms with van der Waals surface area (Å²) < 4.78 is 1.72. The first-order valence-corrected chi connectivity index (χ1v) is 7.93. The Bertz CT molecular complexity index is 881. The van der Waals surface area contributed by atoms with E-state index in [2.05, 4.69) is 73.5 Å². The molecule has 0 saturated carbocycles. The van der Waals surface area contributed by atoms with E-state index in [4.69, 9.17) is 5.73 Å². The summed E-state index contributed by atoms with van der Waals surface area (Å²) in [6, 6.07) is 18.7. The SMILES string of the molecule is Cc1ccc(Cc2nn(Cc3ccc(C)cc3)c(N)c2C#N)cc1. The van der Waals surface area contributed by atoms with Crippen molar-refractivity contribution in [3.63, 3.8) is 0 Å². The van der Waals surface area contributed by atoms with Crippen LogP contribution in [0.4, 0.5) is 5.82 Å². The average molecular weight is 316 g/mol. The molecule has 0 bridgehead atoms. The predicted molar refractivity (Wildman–Crippen MR) is 95.6 cm³/mol. The number of benzene rings is 2. The van der Waals surface area contributed by atoms with Crippen LogP contribution in [0.1, 0.15) is 33.5 Å². The molecule has 0 spiro atoms. The maximum Gasteiger partial charge on any atom is 0.140 e. The summed E-state index contributed by atoms with van der Waals surface area (Å²) >= 11 is 0. The van der Waals surface area contributed by atoms with E-state index in [1.165, 1.54) is 11.1 Å². The number of hydrogen-bond acceptors (Lipinski definition) is 3. The van der Waals surface area contributed by atoms with Gasteiger partial charge < -0.3 is 5.73 Å². The first-order valence-electron chi connectivity index (χ1n) is 7.93. The second-order valence-electron chi connectivity index (χ2n) is 6.12. The van der Waals surface area contributed by atoms with Crippen molar-refractivity contribution in [1.29, 1.82) is 5.26 Å². The molecule has 1 heterocycles. The maximum absolute atomic E-state index is 9.45. The Hall–Kier alpha value is -3.06. The molecule has 0 aliphatic carbocycles. The van der Waals surface area contributed by atoms with Crippen molar-refractivity contribution in [1.82, 2.24) is 9.78 Å². The van der Waals surface area contributed by atoms with Crippen molar-refractivity contribution in [3.8, 4) is 6.07 Å². The molecule has 0 unspecified atom stereocenters. The summed E-state index contributed by atoms with van der Waals surface area (Å²) in [4.78, 5) is 0. The van der Waals surface area contributed by atoms with E-state index in [1.54, 1.807) is 4.68 Å². The van der Waals surface area contributed by atoms with Gasteiger partial charge in [0.1, 0.15) is 17.5 Å². The van der Waals surface area contributed by atoms with E-state index in [1.807, 2.05) is 0 Å². The van der Waals surface area contributed by atoms with E-state index < -0.39 is 0 Å². The molecular formula is C20H20N4. The number of nitrogens with two attached hydrogens (primary N) is 1. The molecule has 0 fully saturated rings. The van der Waals surface area contributed by atoms with Gasteiger partial charge in [0.25, 0.3) is 0 Å². The quantitative estimate of drug-likeness (QED) is 0.799. The fourth-order valence-corrected chi connectivity index (χ4v) is 2.66. The third kappa shape index (κ3) is 3.31. The van der Waals surface area contributed by atoms with Crippen LogP contribution in [0, 0.1) is 25.2 Å². The Labute approximate surface area is 142 Å². The van der Waals surface area contributed by atoms with Gasteiger partial charge in [-0.1, -0.05) is 59.7 Å². The summed E-state index contributed by atoms with van der Waals surface area (Å²) in [5.41, 5.74) is 12.0. The van der Waals surface area contributed by atoms with E-state index in [0.717, 1.165) is 16.8 Å². The van der Waals surface area contributed by atoms with Crippen LogP contribution in [0.2, 0.25) is 0 Å². The lowest BCUT2D eigenvalue weighted by molar-refractivity contribution is 0.684. The second kappa shape index (κ2) is 6.59. The molecule has 3 rings (SSSR count). The Morgan fingerprint density at radius 3 is 2.04 bits per heavy atom. The fourth-order valence-electron chi connectivity index (χ4n) is 2.66. The van der Waals surface area contributed by atoms with Crippen LogP contribution in [0.3, 0.4) is 0 Å². The van der Waals surface area contributed by atoms with Gasteiger partial charge in [0.2, 0.25) is 0 Å². The maximum atomic E-state index is 9.45. The molecule has 4 nitrogen and oxygen atoms in total. The Morgan fingerprint density at radius 1 is 0.958 bits per heavy atom. The highest BCUT2D eigenvalue weighted by molar-refractivity contribution is 5.53. The van der Waals surface area contributed by atoms with E-state index in [-0.39, 0.29) is 0 Å². The van der Waals surface area contributed by atoms with Crippen molar-refractivity contribution < 1.29 is 0 Å². The van der Waals surface area contributed by atoms with Crippen LogP contribution in [-0.4, -0.2) is 9.78 Å². The van der Waals surface area contributed by atoms with Crippen molar-refractivity contribution in [2.45, 2.75) is 26.8 Å². The van der Waals surface area contributed by atoms with Gasteiger partial charge >= 0.3 is 0 Å². The van der Waals surface area contributed by atoms with Crippen LogP contribution in [-0.2, 0) is 13.0 Å². The standard InChI is InChI=1S/C20H20N4/c1-14-3-7-16(8-4-14)11-19-18(12-21)20(22)24(23-19)13-17-9-5-15(2)6-10-17/h3-10H,11,13,22H2,1-2H3. The molecular weight excluding hydrogens is 296 g/mol. The smallest absolute Gasteiger partial charge is 0.140 e. The summed E-state index contributed by atoms with van der Waals surface area (Å²) in [7, 11) is 0. The van der Waals surface area contributed by atoms with Crippen molar-refractivity contribution in [2.24, 2.45) is 0 Å². The molecule has 0 aliphatic rings. The Balaban J connectivity index is 1.89. The lowest BCUT2D eigenvalue weighted by Gasteiger charge is -2.04. The lowest BCUT2D eigenvalue weighted by Crippen LogP contribution is -2.06. The number of aryl methyl sites for hydroxylation is 2. The summed E-state index contributed by atoms with van der Waals surface area (Å²) in [5.74, 6) is 0.431. The third-order valence-corrected chi connectivity index (χ3v) is 4.12. The largest absolute Gasteiger partial charge is 0.383 e. The average Bonchev–Trinajstić information content (AvgIpc) is 2.86. The number of hydrogen-bond donors (Lipinski definition) is 1. The van der Waals surface area contributed by atoms with Crippen LogP contribution < -0.4 is 5.73 Å². The minimum absolute atomic E-state index is 0.431. The van der Waals surface area contributed by atoms with Gasteiger partial charge in [0.05, 0.1) is 12.2 Å². The van der Waals surface area contributed by atoms with Crippen LogP contribution in [0.5, 0.6) is 0 Å². The lowest BCUT2D eigenvalue weighted by atomic mass is 10.1. The molecule has 3 aromatic rings. The molecule has 0 aliphatic heterocycles. The van der Waals surface area contributed by atoms with Gasteiger partial charge in [-0.3, -0.25) is 0 Å². The zero-order valence-electron chi connectivity index (χ0n) is 14.0. The number of nitrogen functional groups attached to an aromatic ring is 1. The molecule has 2 aromatic carbocycles. The van der Waals surface area contributed by atoms with Crippen molar-refractivity contribution in [3.05, 3.63) is 82.0 Å². The van der Waals surface area contributed by atoms with E-state index in [9.17, 15) is 5.26 Å². The number of nitriles is 1. The molecule has 120 valence electrons. The summed E-state index contributed by atoms with van der Waals surface area (Å²) in [5, 5.41) is 14.0. The van der Waals surface area contributed by atoms with Gasteiger partial charge in [-0.25, -0.2) is 4.68 Å². The zero-order valence-corrected chi connectivity index (χ0v) is 14.0. The molecule has 2 N–H and O–H groups in total. The van der Waals surface area contributed by atoms with Crippen molar-refractivity contribution in [2.75, 3.05) is 5.73 Å². The predicted octanol–water partition coefficient (Wildman–Crippen LogP) is 3.59. The van der Waals surface area contributed by atoms with E-state index >= 15 is 0 Å². The zero-order chi connectivity index (χ0) is 17.1. The van der Waals surface area contributed by atoms with Gasteiger partial charge in [0, 0.05) is 6.42 Å². The normalized spacial score (nSPS) is 10.5. The van der Waals surface area contributed by atoms with Gasteiger partial charge in [-0.2, -0.15) is 10.4 Å². The van der Waals surface area contributed by atoms with Crippen LogP contribution in [0.15, 0.2) is 48.5 Å². The van der Waals surface area contributed by atoms with Crippen LogP contribution >= 0.6 is 0 Å². The number of anilines is 1. The Morgan fingerprint density at radius 2 is 1.50 bits per heavy atom. The highest BCUT2D eigenvalue weighted by Crippen LogP contribution is 2.20. The topological polar surface area (TPSA) is 67.6 Å². The van der Waals surface area contributed by atoms with Gasteiger partial charge in [-0.05, 0) is 25.0 Å². The highest BCUT2D eigenvalue weighted by atomic mass is 15.3. The molecule has 0 amide bonds. The third-order valence-electron chi connectivity index (χ3n) is 4.12. The first kappa shape index (κ1) is 15.8. The van der Waals surface area contributed by atoms with Crippen molar-refractivity contribution >= 4 is 5.82 Å². The number of aromatic nitrogens is 2. The number of nitrogens with zero attached hydrogens (tertiary/aromatic N) is 3. The minimum Gasteiger partial charge on any atom is -0.383 e. The fraction of sp³-hybridized carbons (Fsp3) is 0.200. The minimum atomic E-state index is 0.431. The molecule has 0 saturated heterocycles. The van der Waals surface area contributed by atoms with Crippen LogP contribution in [0.25, 0.3) is 0 Å². The first-order chi connectivity index (χ1) is 11.6. The molecule has 0 atom stereocenters. The molecule has 1 aromatic heterocycles. The summed E-state index contributed by atoms with van der Waals surface area (Å²) in [6.07, 6.45) is 0.605. The van der Waals surface area contributed by atoms with Gasteiger partial charge in [-0.15, -0.1) is 0 Å². The monoisotopic (exact) mass is 316 g/mol. The molecule has 24 heavy (non-hydrogen) atoms. The second-order valence-corrected chi connectivity index (χ2v) is 6.12. The van der Waals surface area contributed by atoms with E-state index in [0.29, 0.717) is 24.3 Å². The van der Waals surface area contributed by atoms with Gasteiger partial charge in [0.15, 0.2) is 0 Å².